The van der Waals surface area contributed by atoms with Gasteiger partial charge in [0, 0.05) is 12.7 Å². The molecule has 1 fully saturated rings. The van der Waals surface area contributed by atoms with E-state index in [2.05, 4.69) is 27.2 Å². The molecule has 1 aliphatic rings. The standard InChI is InChI=1S/C19H21N5O2/c1-14-20-8-7-19(22-14)23-12-17(25)18(13-23)26-16-9-21-24(11-16)10-15-5-3-2-4-6-15/h2-9,11,17-18,25H,10,12-13H2,1H3/t17-,18-/m1/s1. The van der Waals surface area contributed by atoms with Crippen molar-refractivity contribution in [2.75, 3.05) is 18.0 Å². The third-order valence-electron chi connectivity index (χ3n) is 4.41. The predicted octanol–water partition coefficient (Wildman–Crippen LogP) is 1.66. The lowest BCUT2D eigenvalue weighted by molar-refractivity contribution is 0.0737. The summed E-state index contributed by atoms with van der Waals surface area (Å²) < 4.78 is 7.80. The number of aromatic nitrogens is 4. The molecule has 0 spiro atoms. The molecule has 2 aromatic heterocycles. The average molecular weight is 351 g/mol. The van der Waals surface area contributed by atoms with Crippen LogP contribution >= 0.6 is 0 Å². The molecule has 0 saturated carbocycles. The fourth-order valence-electron chi connectivity index (χ4n) is 3.12. The first-order chi connectivity index (χ1) is 12.7. The second-order valence-electron chi connectivity index (χ2n) is 6.45. The zero-order valence-electron chi connectivity index (χ0n) is 14.6. The third-order valence-corrected chi connectivity index (χ3v) is 4.41. The van der Waals surface area contributed by atoms with E-state index < -0.39 is 6.10 Å². The summed E-state index contributed by atoms with van der Waals surface area (Å²) in [6.07, 6.45) is 4.37. The fourth-order valence-corrected chi connectivity index (χ4v) is 3.12. The molecule has 7 nitrogen and oxygen atoms in total. The van der Waals surface area contributed by atoms with Crippen LogP contribution in [-0.4, -0.2) is 50.2 Å². The molecule has 134 valence electrons. The molecule has 2 atom stereocenters. The van der Waals surface area contributed by atoms with Crippen LogP contribution in [0.3, 0.4) is 0 Å². The topological polar surface area (TPSA) is 76.3 Å². The Labute approximate surface area is 151 Å². The van der Waals surface area contributed by atoms with E-state index in [4.69, 9.17) is 4.74 Å². The first-order valence-electron chi connectivity index (χ1n) is 8.63. The number of β-amino-alcohol motifs (C(OH)–C–C–N with tert-alkyl or cyclic N) is 1. The molecule has 3 heterocycles. The molecule has 0 unspecified atom stereocenters. The van der Waals surface area contributed by atoms with Gasteiger partial charge in [0.05, 0.1) is 25.5 Å². The van der Waals surface area contributed by atoms with Crippen LogP contribution in [-0.2, 0) is 6.54 Å². The number of benzene rings is 1. The second kappa shape index (κ2) is 7.13. The molecule has 0 radical (unpaired) electrons. The molecule has 26 heavy (non-hydrogen) atoms. The van der Waals surface area contributed by atoms with Crippen LogP contribution in [0.25, 0.3) is 0 Å². The SMILES string of the molecule is Cc1nccc(N2C[C@@H](O)[C@H](Oc3cnn(Cc4ccccc4)c3)C2)n1. The molecule has 7 heteroatoms. The Morgan fingerprint density at radius 2 is 2.04 bits per heavy atom. The van der Waals surface area contributed by atoms with E-state index >= 15 is 0 Å². The van der Waals surface area contributed by atoms with Crippen molar-refractivity contribution in [3.8, 4) is 5.75 Å². The van der Waals surface area contributed by atoms with Gasteiger partial charge in [0.25, 0.3) is 0 Å². The Morgan fingerprint density at radius 1 is 1.19 bits per heavy atom. The van der Waals surface area contributed by atoms with Crippen LogP contribution in [0.5, 0.6) is 5.75 Å². The van der Waals surface area contributed by atoms with Crippen LogP contribution in [0.15, 0.2) is 55.0 Å². The highest BCUT2D eigenvalue weighted by molar-refractivity contribution is 5.40. The Hall–Kier alpha value is -2.93. The minimum Gasteiger partial charge on any atom is -0.482 e. The summed E-state index contributed by atoms with van der Waals surface area (Å²) in [5, 5.41) is 14.7. The Balaban J connectivity index is 1.40. The van der Waals surface area contributed by atoms with Gasteiger partial charge in [0.15, 0.2) is 5.75 Å². The molecule has 4 rings (SSSR count). The number of aryl methyl sites for hydroxylation is 1. The van der Waals surface area contributed by atoms with Gasteiger partial charge in [-0.1, -0.05) is 30.3 Å². The summed E-state index contributed by atoms with van der Waals surface area (Å²) in [6, 6.07) is 12.0. The molecular formula is C19H21N5O2. The van der Waals surface area contributed by atoms with E-state index in [9.17, 15) is 5.11 Å². The van der Waals surface area contributed by atoms with Crippen LogP contribution in [0.1, 0.15) is 11.4 Å². The van der Waals surface area contributed by atoms with E-state index in [1.54, 1.807) is 12.4 Å². The van der Waals surface area contributed by atoms with Crippen LogP contribution in [0.2, 0.25) is 0 Å². The lowest BCUT2D eigenvalue weighted by atomic mass is 10.2. The molecule has 0 bridgehead atoms. The first-order valence-corrected chi connectivity index (χ1v) is 8.63. The first kappa shape index (κ1) is 16.5. The van der Waals surface area contributed by atoms with E-state index in [1.807, 2.05) is 47.0 Å². The van der Waals surface area contributed by atoms with Crippen molar-refractivity contribution in [2.24, 2.45) is 0 Å². The fraction of sp³-hybridized carbons (Fsp3) is 0.316. The predicted molar refractivity (Wildman–Crippen MR) is 97.2 cm³/mol. The summed E-state index contributed by atoms with van der Waals surface area (Å²) in [7, 11) is 0. The molecule has 3 aromatic rings. The Morgan fingerprint density at radius 3 is 2.85 bits per heavy atom. The minimum absolute atomic E-state index is 0.320. The smallest absolute Gasteiger partial charge is 0.157 e. The van der Waals surface area contributed by atoms with Crippen molar-refractivity contribution in [2.45, 2.75) is 25.7 Å². The van der Waals surface area contributed by atoms with Gasteiger partial charge >= 0.3 is 0 Å². The normalized spacial score (nSPS) is 19.7. The molecule has 1 aliphatic heterocycles. The summed E-state index contributed by atoms with van der Waals surface area (Å²) in [4.78, 5) is 10.5. The van der Waals surface area contributed by atoms with E-state index in [0.717, 1.165) is 5.82 Å². The second-order valence-corrected chi connectivity index (χ2v) is 6.45. The summed E-state index contributed by atoms with van der Waals surface area (Å²) in [6.45, 7) is 3.59. The van der Waals surface area contributed by atoms with Crippen molar-refractivity contribution in [1.82, 2.24) is 19.7 Å². The van der Waals surface area contributed by atoms with Crippen molar-refractivity contribution in [3.63, 3.8) is 0 Å². The number of rotatable bonds is 5. The van der Waals surface area contributed by atoms with Crippen molar-refractivity contribution in [1.29, 1.82) is 0 Å². The van der Waals surface area contributed by atoms with Gasteiger partial charge in [0.1, 0.15) is 23.9 Å². The number of hydrogen-bond acceptors (Lipinski definition) is 6. The molecule has 0 aliphatic carbocycles. The number of ether oxygens (including phenoxy) is 1. The third kappa shape index (κ3) is 3.67. The summed E-state index contributed by atoms with van der Waals surface area (Å²) >= 11 is 0. The van der Waals surface area contributed by atoms with Gasteiger partial charge in [-0.3, -0.25) is 4.68 Å². The quantitative estimate of drug-likeness (QED) is 0.753. The van der Waals surface area contributed by atoms with E-state index in [-0.39, 0.29) is 6.10 Å². The average Bonchev–Trinajstić information content (AvgIpc) is 3.23. The highest BCUT2D eigenvalue weighted by Crippen LogP contribution is 2.22. The van der Waals surface area contributed by atoms with Crippen molar-refractivity contribution in [3.05, 3.63) is 66.4 Å². The maximum Gasteiger partial charge on any atom is 0.157 e. The molecule has 0 amide bonds. The zero-order chi connectivity index (χ0) is 17.9. The molecule has 1 N–H and O–H groups in total. The summed E-state index contributed by atoms with van der Waals surface area (Å²) in [5.74, 6) is 2.18. The lowest BCUT2D eigenvalue weighted by Gasteiger charge is -2.17. The Kier molecular flexibility index (Phi) is 4.53. The monoisotopic (exact) mass is 351 g/mol. The summed E-state index contributed by atoms with van der Waals surface area (Å²) in [5.41, 5.74) is 1.17. The van der Waals surface area contributed by atoms with Gasteiger partial charge in [0.2, 0.25) is 0 Å². The van der Waals surface area contributed by atoms with Crippen LogP contribution < -0.4 is 9.64 Å². The van der Waals surface area contributed by atoms with E-state index in [1.165, 1.54) is 5.56 Å². The Bertz CT molecular complexity index is 867. The molecule has 1 aromatic carbocycles. The van der Waals surface area contributed by atoms with Gasteiger partial charge < -0.3 is 14.7 Å². The highest BCUT2D eigenvalue weighted by atomic mass is 16.5. The zero-order valence-corrected chi connectivity index (χ0v) is 14.6. The maximum absolute atomic E-state index is 10.4. The van der Waals surface area contributed by atoms with Crippen molar-refractivity contribution < 1.29 is 9.84 Å². The number of aliphatic hydroxyl groups is 1. The highest BCUT2D eigenvalue weighted by Gasteiger charge is 2.34. The number of anilines is 1. The van der Waals surface area contributed by atoms with Crippen LogP contribution in [0.4, 0.5) is 5.82 Å². The maximum atomic E-state index is 10.4. The van der Waals surface area contributed by atoms with Crippen LogP contribution in [0, 0.1) is 6.92 Å². The van der Waals surface area contributed by atoms with Gasteiger partial charge in [-0.15, -0.1) is 0 Å². The number of aliphatic hydroxyl groups excluding tert-OH is 1. The largest absolute Gasteiger partial charge is 0.482 e. The number of hydrogen-bond donors (Lipinski definition) is 1. The number of nitrogens with zero attached hydrogens (tertiary/aromatic N) is 5. The molecule has 1 saturated heterocycles. The van der Waals surface area contributed by atoms with Crippen molar-refractivity contribution >= 4 is 5.82 Å². The van der Waals surface area contributed by atoms with E-state index in [0.29, 0.717) is 31.2 Å². The van der Waals surface area contributed by atoms with Gasteiger partial charge in [-0.25, -0.2) is 9.97 Å². The lowest BCUT2D eigenvalue weighted by Crippen LogP contribution is -2.29. The van der Waals surface area contributed by atoms with Gasteiger partial charge in [-0.05, 0) is 18.6 Å². The van der Waals surface area contributed by atoms with Gasteiger partial charge in [-0.2, -0.15) is 5.10 Å². The molecular weight excluding hydrogens is 330 g/mol. The minimum atomic E-state index is -0.581.